The first-order valence-corrected chi connectivity index (χ1v) is 7.59. The van der Waals surface area contributed by atoms with E-state index in [9.17, 15) is 10.2 Å². The Bertz CT molecular complexity index is 242. The first kappa shape index (κ1) is 14.3. The van der Waals surface area contributed by atoms with Crippen LogP contribution in [0.15, 0.2) is 0 Å². The number of aliphatic hydroxyl groups is 2. The molecule has 106 valence electrons. The van der Waals surface area contributed by atoms with E-state index in [2.05, 4.69) is 5.43 Å². The first-order valence-electron chi connectivity index (χ1n) is 7.59. The van der Waals surface area contributed by atoms with Gasteiger partial charge in [0.05, 0.1) is 6.10 Å². The molecule has 0 aromatic heterocycles. The molecule has 0 amide bonds. The molecule has 18 heavy (non-hydrogen) atoms. The zero-order valence-corrected chi connectivity index (χ0v) is 11.5. The fourth-order valence-electron chi connectivity index (χ4n) is 3.33. The summed E-state index contributed by atoms with van der Waals surface area (Å²) in [5.74, 6) is 0. The molecule has 0 aromatic rings. The molecular weight excluding hydrogens is 228 g/mol. The van der Waals surface area contributed by atoms with Crippen LogP contribution in [-0.4, -0.2) is 39.6 Å². The van der Waals surface area contributed by atoms with Crippen molar-refractivity contribution in [1.82, 2.24) is 10.4 Å². The summed E-state index contributed by atoms with van der Waals surface area (Å²) in [6, 6.07) is 0.545. The molecule has 2 saturated carbocycles. The maximum atomic E-state index is 10.0. The third kappa shape index (κ3) is 3.67. The lowest BCUT2D eigenvalue weighted by Crippen LogP contribution is -2.58. The van der Waals surface area contributed by atoms with Crippen molar-refractivity contribution in [3.05, 3.63) is 0 Å². The summed E-state index contributed by atoms with van der Waals surface area (Å²) in [5, 5.41) is 22.0. The van der Waals surface area contributed by atoms with E-state index in [4.69, 9.17) is 0 Å². The third-order valence-corrected chi connectivity index (χ3v) is 4.42. The predicted octanol–water partition coefficient (Wildman–Crippen LogP) is 1.77. The highest BCUT2D eigenvalue weighted by Crippen LogP contribution is 2.25. The molecule has 3 N–H and O–H groups in total. The topological polar surface area (TPSA) is 55.7 Å². The molecule has 0 heterocycles. The average molecular weight is 256 g/mol. The monoisotopic (exact) mass is 256 g/mol. The van der Waals surface area contributed by atoms with Crippen molar-refractivity contribution in [3.63, 3.8) is 0 Å². The van der Waals surface area contributed by atoms with Gasteiger partial charge in [-0.05, 0) is 32.6 Å². The van der Waals surface area contributed by atoms with Crippen LogP contribution in [0.5, 0.6) is 0 Å². The summed E-state index contributed by atoms with van der Waals surface area (Å²) < 4.78 is 0. The second-order valence-electron chi connectivity index (χ2n) is 5.92. The molecule has 2 fully saturated rings. The van der Waals surface area contributed by atoms with E-state index in [1.165, 1.54) is 25.7 Å². The largest absolute Gasteiger partial charge is 0.391 e. The maximum absolute atomic E-state index is 10.0. The molecule has 2 rings (SSSR count). The molecule has 0 saturated heterocycles. The number of hydrogen-bond donors (Lipinski definition) is 3. The van der Waals surface area contributed by atoms with Gasteiger partial charge in [0, 0.05) is 12.1 Å². The fourth-order valence-corrected chi connectivity index (χ4v) is 3.33. The molecule has 3 atom stereocenters. The Morgan fingerprint density at radius 3 is 2.22 bits per heavy atom. The minimum Gasteiger partial charge on any atom is -0.391 e. The van der Waals surface area contributed by atoms with Crippen LogP contribution in [0.3, 0.4) is 0 Å². The number of nitrogens with zero attached hydrogens (tertiary/aromatic N) is 1. The van der Waals surface area contributed by atoms with E-state index in [1.807, 2.05) is 11.9 Å². The van der Waals surface area contributed by atoms with Crippen LogP contribution in [0, 0.1) is 0 Å². The van der Waals surface area contributed by atoms with Gasteiger partial charge in [0.15, 0.2) is 0 Å². The number of nitrogens with one attached hydrogen (secondary N) is 1. The summed E-state index contributed by atoms with van der Waals surface area (Å²) in [4.78, 5) is 0. The van der Waals surface area contributed by atoms with E-state index in [-0.39, 0.29) is 12.1 Å². The summed E-state index contributed by atoms with van der Waals surface area (Å²) in [5.41, 5.74) is 3.41. The Balaban J connectivity index is 1.92. The minimum atomic E-state index is -0.484. The van der Waals surface area contributed by atoms with E-state index in [0.29, 0.717) is 6.04 Å². The highest BCUT2D eigenvalue weighted by molar-refractivity contribution is 4.82. The van der Waals surface area contributed by atoms with E-state index in [1.54, 1.807) is 0 Å². The zero-order valence-electron chi connectivity index (χ0n) is 11.5. The molecule has 0 bridgehead atoms. The van der Waals surface area contributed by atoms with Crippen LogP contribution < -0.4 is 5.43 Å². The Kier molecular flexibility index (Phi) is 5.42. The molecule has 0 spiro atoms. The summed E-state index contributed by atoms with van der Waals surface area (Å²) >= 11 is 0. The van der Waals surface area contributed by atoms with Gasteiger partial charge in [0.2, 0.25) is 0 Å². The quantitative estimate of drug-likeness (QED) is 0.530. The SMILES string of the molecule is CC(O)N(NC1CCCCC1O)C1CCCCC1. The van der Waals surface area contributed by atoms with E-state index < -0.39 is 6.23 Å². The number of aliphatic hydroxyl groups excluding tert-OH is 2. The minimum absolute atomic E-state index is 0.121. The zero-order chi connectivity index (χ0) is 13.0. The van der Waals surface area contributed by atoms with Crippen molar-refractivity contribution in [3.8, 4) is 0 Å². The van der Waals surface area contributed by atoms with Gasteiger partial charge in [-0.2, -0.15) is 0 Å². The van der Waals surface area contributed by atoms with Crippen LogP contribution in [0.2, 0.25) is 0 Å². The van der Waals surface area contributed by atoms with E-state index >= 15 is 0 Å². The van der Waals surface area contributed by atoms with Crippen LogP contribution in [0.25, 0.3) is 0 Å². The first-order chi connectivity index (χ1) is 8.68. The maximum Gasteiger partial charge on any atom is 0.117 e. The van der Waals surface area contributed by atoms with Crippen molar-refractivity contribution >= 4 is 0 Å². The molecule has 2 aliphatic carbocycles. The van der Waals surface area contributed by atoms with Crippen molar-refractivity contribution in [2.75, 3.05) is 0 Å². The lowest BCUT2D eigenvalue weighted by molar-refractivity contribution is -0.0853. The highest BCUT2D eigenvalue weighted by atomic mass is 16.3. The Labute approximate surface area is 110 Å². The Morgan fingerprint density at radius 1 is 1.00 bits per heavy atom. The average Bonchev–Trinajstić information content (AvgIpc) is 2.38. The molecular formula is C14H28N2O2. The molecule has 0 radical (unpaired) electrons. The number of rotatable bonds is 4. The van der Waals surface area contributed by atoms with Gasteiger partial charge >= 0.3 is 0 Å². The number of hydrazine groups is 1. The van der Waals surface area contributed by atoms with Gasteiger partial charge in [-0.25, -0.2) is 10.4 Å². The molecule has 0 aromatic carbocycles. The molecule has 0 aliphatic heterocycles. The van der Waals surface area contributed by atoms with Crippen molar-refractivity contribution in [2.45, 2.75) is 89.1 Å². The molecule has 2 aliphatic rings. The third-order valence-electron chi connectivity index (χ3n) is 4.42. The second kappa shape index (κ2) is 6.85. The van der Waals surface area contributed by atoms with Crippen molar-refractivity contribution in [1.29, 1.82) is 0 Å². The Hall–Kier alpha value is -0.160. The van der Waals surface area contributed by atoms with Crippen LogP contribution >= 0.6 is 0 Å². The van der Waals surface area contributed by atoms with Crippen LogP contribution in [0.1, 0.15) is 64.7 Å². The standard InChI is InChI=1S/C14H28N2O2/c1-11(17)16(12-7-3-2-4-8-12)15-13-9-5-6-10-14(13)18/h11-15,17-18H,2-10H2,1H3. The van der Waals surface area contributed by atoms with Gasteiger partial charge in [0.1, 0.15) is 6.23 Å². The van der Waals surface area contributed by atoms with Gasteiger partial charge < -0.3 is 10.2 Å². The van der Waals surface area contributed by atoms with Gasteiger partial charge in [-0.3, -0.25) is 0 Å². The normalized spacial score (nSPS) is 32.7. The van der Waals surface area contributed by atoms with Gasteiger partial charge in [-0.1, -0.05) is 32.1 Å². The van der Waals surface area contributed by atoms with Crippen LogP contribution in [0.4, 0.5) is 0 Å². The van der Waals surface area contributed by atoms with Crippen molar-refractivity contribution in [2.24, 2.45) is 0 Å². The summed E-state index contributed by atoms with van der Waals surface area (Å²) in [7, 11) is 0. The lowest BCUT2D eigenvalue weighted by Gasteiger charge is -2.41. The smallest absolute Gasteiger partial charge is 0.117 e. The van der Waals surface area contributed by atoms with Crippen molar-refractivity contribution < 1.29 is 10.2 Å². The highest BCUT2D eigenvalue weighted by Gasteiger charge is 2.30. The lowest BCUT2D eigenvalue weighted by atomic mass is 9.92. The van der Waals surface area contributed by atoms with E-state index in [0.717, 1.165) is 32.1 Å². The second-order valence-corrected chi connectivity index (χ2v) is 5.92. The Morgan fingerprint density at radius 2 is 1.61 bits per heavy atom. The van der Waals surface area contributed by atoms with Gasteiger partial charge in [-0.15, -0.1) is 0 Å². The fraction of sp³-hybridized carbons (Fsp3) is 1.00. The predicted molar refractivity (Wildman–Crippen MR) is 71.8 cm³/mol. The molecule has 3 unspecified atom stereocenters. The molecule has 4 heteroatoms. The molecule has 4 nitrogen and oxygen atoms in total. The summed E-state index contributed by atoms with van der Waals surface area (Å²) in [6.07, 6.45) is 9.58. The van der Waals surface area contributed by atoms with Crippen LogP contribution in [-0.2, 0) is 0 Å². The number of hydrogen-bond acceptors (Lipinski definition) is 4. The summed E-state index contributed by atoms with van der Waals surface area (Å²) in [6.45, 7) is 1.82. The van der Waals surface area contributed by atoms with Gasteiger partial charge in [0.25, 0.3) is 0 Å².